The van der Waals surface area contributed by atoms with Crippen molar-refractivity contribution in [3.8, 4) is 0 Å². The Labute approximate surface area is 140 Å². The van der Waals surface area contributed by atoms with Gasteiger partial charge in [0.15, 0.2) is 0 Å². The van der Waals surface area contributed by atoms with Gasteiger partial charge in [-0.05, 0) is 24.0 Å². The number of aromatic amines is 1. The van der Waals surface area contributed by atoms with Crippen LogP contribution in [0.2, 0.25) is 0 Å². The van der Waals surface area contributed by atoms with Crippen LogP contribution in [0.25, 0.3) is 10.9 Å². The summed E-state index contributed by atoms with van der Waals surface area (Å²) in [6.45, 7) is 3.94. The van der Waals surface area contributed by atoms with E-state index in [2.05, 4.69) is 10.3 Å². The molecule has 1 aromatic heterocycles. The Morgan fingerprint density at radius 2 is 1.96 bits per heavy atom. The number of aromatic nitrogens is 1. The fourth-order valence-electron chi connectivity index (χ4n) is 2.70. The molecule has 0 unspecified atom stereocenters. The summed E-state index contributed by atoms with van der Waals surface area (Å²) >= 11 is 0. The van der Waals surface area contributed by atoms with Crippen molar-refractivity contribution in [1.29, 1.82) is 0 Å². The topological polar surface area (TPSA) is 120 Å². The van der Waals surface area contributed by atoms with E-state index in [1.807, 2.05) is 38.1 Å². The number of hydroxylamine groups is 1. The first-order valence-corrected chi connectivity index (χ1v) is 7.97. The smallest absolute Gasteiger partial charge is 0.266 e. The van der Waals surface area contributed by atoms with Gasteiger partial charge in [0.2, 0.25) is 5.91 Å². The van der Waals surface area contributed by atoms with Gasteiger partial charge in [-0.3, -0.25) is 14.8 Å². The van der Waals surface area contributed by atoms with Crippen molar-refractivity contribution < 1.29 is 14.8 Å². The number of fused-ring (bicyclic) bond motifs is 1. The van der Waals surface area contributed by atoms with E-state index >= 15 is 0 Å². The summed E-state index contributed by atoms with van der Waals surface area (Å²) in [7, 11) is 0. The molecular formula is C17H24N4O3. The number of nitrogens with two attached hydrogens (primary N) is 1. The molecule has 0 saturated heterocycles. The maximum atomic E-state index is 12.2. The van der Waals surface area contributed by atoms with Gasteiger partial charge in [0.1, 0.15) is 6.04 Å². The molecule has 7 nitrogen and oxygen atoms in total. The normalized spacial score (nSPS) is 13.7. The number of benzene rings is 1. The standard InChI is InChI=1S/C17H24N4O3/c1-10(2)7-13(18)16(22)20-15(17(23)21-24)8-11-9-19-14-6-4-3-5-12(11)14/h3-6,9-10,13,15,19,24H,7-8,18H2,1-2H3,(H,20,22)(H,21,23)/t13-,15-/m0/s1. The molecule has 130 valence electrons. The Hall–Kier alpha value is -2.38. The minimum atomic E-state index is -0.903. The number of H-pyrrole nitrogens is 1. The molecule has 2 atom stereocenters. The van der Waals surface area contributed by atoms with Crippen molar-refractivity contribution in [3.05, 3.63) is 36.0 Å². The molecule has 0 spiro atoms. The molecule has 0 aliphatic rings. The average molecular weight is 332 g/mol. The number of rotatable bonds is 7. The van der Waals surface area contributed by atoms with Gasteiger partial charge in [-0.1, -0.05) is 32.0 Å². The largest absolute Gasteiger partial charge is 0.361 e. The second-order valence-electron chi connectivity index (χ2n) is 6.34. The zero-order chi connectivity index (χ0) is 17.7. The molecule has 0 fully saturated rings. The summed E-state index contributed by atoms with van der Waals surface area (Å²) in [6.07, 6.45) is 2.56. The van der Waals surface area contributed by atoms with Crippen molar-refractivity contribution in [2.24, 2.45) is 11.7 Å². The molecule has 24 heavy (non-hydrogen) atoms. The van der Waals surface area contributed by atoms with Crippen LogP contribution in [0.5, 0.6) is 0 Å². The van der Waals surface area contributed by atoms with Crippen molar-refractivity contribution >= 4 is 22.7 Å². The summed E-state index contributed by atoms with van der Waals surface area (Å²) in [6, 6.07) is 6.07. The Morgan fingerprint density at radius 1 is 1.25 bits per heavy atom. The molecule has 0 radical (unpaired) electrons. The predicted octanol–water partition coefficient (Wildman–Crippen LogP) is 1.07. The second kappa shape index (κ2) is 7.94. The number of carbonyl (C=O) groups is 2. The Balaban J connectivity index is 2.14. The van der Waals surface area contributed by atoms with Crippen molar-refractivity contribution in [3.63, 3.8) is 0 Å². The van der Waals surface area contributed by atoms with Gasteiger partial charge in [-0.25, -0.2) is 5.48 Å². The third-order valence-corrected chi connectivity index (χ3v) is 3.90. The highest BCUT2D eigenvalue weighted by molar-refractivity contribution is 5.90. The van der Waals surface area contributed by atoms with Crippen LogP contribution in [0.3, 0.4) is 0 Å². The average Bonchev–Trinajstić information content (AvgIpc) is 2.96. The summed E-state index contributed by atoms with van der Waals surface area (Å²) in [5.74, 6) is -0.813. The third kappa shape index (κ3) is 4.33. The summed E-state index contributed by atoms with van der Waals surface area (Å²) in [5.41, 5.74) is 9.28. The molecule has 6 N–H and O–H groups in total. The Bertz CT molecular complexity index is 711. The van der Waals surface area contributed by atoms with E-state index in [1.165, 1.54) is 0 Å². The van der Waals surface area contributed by atoms with Crippen LogP contribution in [-0.2, 0) is 16.0 Å². The zero-order valence-corrected chi connectivity index (χ0v) is 13.9. The van der Waals surface area contributed by atoms with Gasteiger partial charge in [-0.15, -0.1) is 0 Å². The van der Waals surface area contributed by atoms with E-state index in [4.69, 9.17) is 10.9 Å². The lowest BCUT2D eigenvalue weighted by Crippen LogP contribution is -2.52. The van der Waals surface area contributed by atoms with Gasteiger partial charge >= 0.3 is 0 Å². The summed E-state index contributed by atoms with van der Waals surface area (Å²) < 4.78 is 0. The first-order chi connectivity index (χ1) is 11.4. The molecule has 0 saturated carbocycles. The number of hydrogen-bond donors (Lipinski definition) is 5. The van der Waals surface area contributed by atoms with Crippen LogP contribution >= 0.6 is 0 Å². The number of carbonyl (C=O) groups excluding carboxylic acids is 2. The maximum Gasteiger partial charge on any atom is 0.266 e. The second-order valence-corrected chi connectivity index (χ2v) is 6.34. The zero-order valence-electron chi connectivity index (χ0n) is 13.9. The number of amides is 2. The molecular weight excluding hydrogens is 308 g/mol. The first kappa shape index (κ1) is 18.0. The van der Waals surface area contributed by atoms with Gasteiger partial charge in [0.25, 0.3) is 5.91 Å². The highest BCUT2D eigenvalue weighted by Gasteiger charge is 2.25. The van der Waals surface area contributed by atoms with Crippen LogP contribution < -0.4 is 16.5 Å². The minimum absolute atomic E-state index is 0.247. The van der Waals surface area contributed by atoms with Crippen LogP contribution in [-0.4, -0.2) is 34.1 Å². The van der Waals surface area contributed by atoms with E-state index in [1.54, 1.807) is 11.7 Å². The van der Waals surface area contributed by atoms with Crippen LogP contribution in [0.4, 0.5) is 0 Å². The SMILES string of the molecule is CC(C)C[C@H](N)C(=O)N[C@@H](Cc1c[nH]c2ccccc12)C(=O)NO. The molecule has 0 aliphatic carbocycles. The lowest BCUT2D eigenvalue weighted by Gasteiger charge is -2.20. The van der Waals surface area contributed by atoms with E-state index in [-0.39, 0.29) is 12.3 Å². The van der Waals surface area contributed by atoms with Gasteiger partial charge in [0, 0.05) is 23.5 Å². The molecule has 2 aromatic rings. The third-order valence-electron chi connectivity index (χ3n) is 3.90. The Kier molecular flexibility index (Phi) is 5.94. The molecule has 0 bridgehead atoms. The monoisotopic (exact) mass is 332 g/mol. The molecule has 2 amide bonds. The summed E-state index contributed by atoms with van der Waals surface area (Å²) in [5, 5.41) is 12.5. The quantitative estimate of drug-likeness (QED) is 0.385. The Morgan fingerprint density at radius 3 is 2.62 bits per heavy atom. The highest BCUT2D eigenvalue weighted by Crippen LogP contribution is 2.19. The van der Waals surface area contributed by atoms with Gasteiger partial charge in [-0.2, -0.15) is 0 Å². The lowest BCUT2D eigenvalue weighted by atomic mass is 10.0. The van der Waals surface area contributed by atoms with Crippen molar-refractivity contribution in [1.82, 2.24) is 15.8 Å². The molecule has 7 heteroatoms. The van der Waals surface area contributed by atoms with E-state index in [9.17, 15) is 9.59 Å². The molecule has 1 aromatic carbocycles. The molecule has 2 rings (SSSR count). The van der Waals surface area contributed by atoms with Crippen molar-refractivity contribution in [2.45, 2.75) is 38.8 Å². The van der Waals surface area contributed by atoms with Gasteiger partial charge < -0.3 is 16.0 Å². The highest BCUT2D eigenvalue weighted by atomic mass is 16.5. The van der Waals surface area contributed by atoms with E-state index in [0.717, 1.165) is 16.5 Å². The predicted molar refractivity (Wildman–Crippen MR) is 91.3 cm³/mol. The fraction of sp³-hybridized carbons (Fsp3) is 0.412. The number of para-hydroxylation sites is 1. The van der Waals surface area contributed by atoms with Crippen LogP contribution in [0.15, 0.2) is 30.5 Å². The van der Waals surface area contributed by atoms with E-state index in [0.29, 0.717) is 6.42 Å². The summed E-state index contributed by atoms with van der Waals surface area (Å²) in [4.78, 5) is 27.2. The van der Waals surface area contributed by atoms with Crippen LogP contribution in [0.1, 0.15) is 25.8 Å². The molecule has 0 aliphatic heterocycles. The number of hydrogen-bond acceptors (Lipinski definition) is 4. The fourth-order valence-corrected chi connectivity index (χ4v) is 2.70. The lowest BCUT2D eigenvalue weighted by molar-refractivity contribution is -0.135. The minimum Gasteiger partial charge on any atom is -0.361 e. The maximum absolute atomic E-state index is 12.2. The van der Waals surface area contributed by atoms with Gasteiger partial charge in [0.05, 0.1) is 6.04 Å². The molecule has 1 heterocycles. The number of nitrogens with one attached hydrogen (secondary N) is 3. The first-order valence-electron chi connectivity index (χ1n) is 7.97. The van der Waals surface area contributed by atoms with E-state index < -0.39 is 23.9 Å². The van der Waals surface area contributed by atoms with Crippen molar-refractivity contribution in [2.75, 3.05) is 0 Å². The van der Waals surface area contributed by atoms with Crippen LogP contribution in [0, 0.1) is 5.92 Å².